The lowest BCUT2D eigenvalue weighted by atomic mass is 9.92. The Morgan fingerprint density at radius 3 is 2.61 bits per heavy atom. The van der Waals surface area contributed by atoms with Crippen molar-refractivity contribution in [3.8, 4) is 17.0 Å². The van der Waals surface area contributed by atoms with Crippen LogP contribution in [0, 0.1) is 0 Å². The van der Waals surface area contributed by atoms with Crippen molar-refractivity contribution in [3.63, 3.8) is 0 Å². The third-order valence-electron chi connectivity index (χ3n) is 4.16. The molecule has 0 amide bonds. The van der Waals surface area contributed by atoms with E-state index in [9.17, 15) is 4.79 Å². The van der Waals surface area contributed by atoms with Crippen LogP contribution in [0.5, 0.6) is 5.75 Å². The first-order chi connectivity index (χ1) is 11.2. The number of rotatable bonds is 4. The fourth-order valence-electron chi connectivity index (χ4n) is 2.97. The van der Waals surface area contributed by atoms with Gasteiger partial charge in [0.1, 0.15) is 5.75 Å². The third-order valence-corrected chi connectivity index (χ3v) is 4.16. The predicted octanol–water partition coefficient (Wildman–Crippen LogP) is 3.81. The molecule has 0 aliphatic heterocycles. The Kier molecular flexibility index (Phi) is 4.60. The Morgan fingerprint density at radius 1 is 1.17 bits per heavy atom. The smallest absolute Gasteiger partial charge is 0.340 e. The van der Waals surface area contributed by atoms with Crippen LogP contribution in [0.25, 0.3) is 11.3 Å². The second kappa shape index (κ2) is 6.82. The van der Waals surface area contributed by atoms with E-state index in [1.807, 2.05) is 37.3 Å². The summed E-state index contributed by atoms with van der Waals surface area (Å²) in [6, 6.07) is 9.59. The van der Waals surface area contributed by atoms with E-state index in [0.717, 1.165) is 42.7 Å². The molecule has 0 radical (unpaired) electrons. The molecule has 1 aliphatic carbocycles. The molecular weight excluding hydrogens is 290 g/mol. The van der Waals surface area contributed by atoms with Crippen LogP contribution < -0.4 is 4.74 Å². The van der Waals surface area contributed by atoms with Crippen LogP contribution in [0.3, 0.4) is 0 Å². The van der Waals surface area contributed by atoms with Crippen LogP contribution in [-0.2, 0) is 17.6 Å². The lowest BCUT2D eigenvalue weighted by Gasteiger charge is -2.18. The summed E-state index contributed by atoms with van der Waals surface area (Å²) in [5.41, 5.74) is 4.44. The molecule has 1 heterocycles. The molecule has 1 aromatic heterocycles. The zero-order chi connectivity index (χ0) is 16.2. The van der Waals surface area contributed by atoms with E-state index in [-0.39, 0.29) is 5.97 Å². The van der Waals surface area contributed by atoms with Gasteiger partial charge in [0.2, 0.25) is 0 Å². The molecule has 0 N–H and O–H groups in total. The summed E-state index contributed by atoms with van der Waals surface area (Å²) >= 11 is 0. The highest BCUT2D eigenvalue weighted by molar-refractivity contribution is 5.96. The van der Waals surface area contributed by atoms with Crippen molar-refractivity contribution in [2.45, 2.75) is 32.6 Å². The van der Waals surface area contributed by atoms with Gasteiger partial charge in [0.05, 0.1) is 25.0 Å². The number of esters is 1. The van der Waals surface area contributed by atoms with E-state index in [4.69, 9.17) is 14.5 Å². The molecule has 120 valence electrons. The number of fused-ring (bicyclic) bond motifs is 1. The number of carbonyl (C=O) groups is 1. The van der Waals surface area contributed by atoms with E-state index in [1.54, 1.807) is 7.11 Å². The molecule has 0 unspecified atom stereocenters. The van der Waals surface area contributed by atoms with Gasteiger partial charge in [-0.2, -0.15) is 0 Å². The summed E-state index contributed by atoms with van der Waals surface area (Å²) in [6.07, 6.45) is 4.26. The normalized spacial score (nSPS) is 13.3. The van der Waals surface area contributed by atoms with Gasteiger partial charge in [-0.1, -0.05) is 0 Å². The van der Waals surface area contributed by atoms with Crippen LogP contribution in [-0.4, -0.2) is 24.7 Å². The fraction of sp³-hybridized carbons (Fsp3) is 0.368. The monoisotopic (exact) mass is 311 g/mol. The number of pyridine rings is 1. The minimum atomic E-state index is -0.306. The molecule has 0 spiro atoms. The van der Waals surface area contributed by atoms with Gasteiger partial charge >= 0.3 is 5.97 Å². The molecule has 3 rings (SSSR count). The van der Waals surface area contributed by atoms with Crippen molar-refractivity contribution < 1.29 is 14.3 Å². The number of aryl methyl sites for hydroxylation is 2. The van der Waals surface area contributed by atoms with Crippen molar-refractivity contribution >= 4 is 5.97 Å². The SMILES string of the molecule is CCOC(=O)c1cc2c(nc1-c1ccc(OC)cc1)CCCC2. The average Bonchev–Trinajstić information content (AvgIpc) is 2.61. The maximum atomic E-state index is 12.4. The second-order valence-electron chi connectivity index (χ2n) is 5.65. The molecule has 2 aromatic rings. The van der Waals surface area contributed by atoms with E-state index < -0.39 is 0 Å². The number of carbonyl (C=O) groups excluding carboxylic acids is 1. The van der Waals surface area contributed by atoms with Crippen LogP contribution >= 0.6 is 0 Å². The molecule has 4 nitrogen and oxygen atoms in total. The Morgan fingerprint density at radius 2 is 1.91 bits per heavy atom. The number of ether oxygens (including phenoxy) is 2. The molecular formula is C19H21NO3. The lowest BCUT2D eigenvalue weighted by Crippen LogP contribution is -2.13. The van der Waals surface area contributed by atoms with Crippen LogP contribution in [0.2, 0.25) is 0 Å². The van der Waals surface area contributed by atoms with E-state index in [2.05, 4.69) is 0 Å². The van der Waals surface area contributed by atoms with Crippen LogP contribution in [0.1, 0.15) is 41.4 Å². The summed E-state index contributed by atoms with van der Waals surface area (Å²) in [4.78, 5) is 17.2. The largest absolute Gasteiger partial charge is 0.497 e. The molecule has 4 heteroatoms. The fourth-order valence-corrected chi connectivity index (χ4v) is 2.97. The first-order valence-electron chi connectivity index (χ1n) is 8.07. The van der Waals surface area contributed by atoms with Crippen molar-refractivity contribution in [2.24, 2.45) is 0 Å². The zero-order valence-corrected chi connectivity index (χ0v) is 13.6. The highest BCUT2D eigenvalue weighted by Crippen LogP contribution is 2.29. The van der Waals surface area contributed by atoms with Gasteiger partial charge in [-0.15, -0.1) is 0 Å². The Bertz CT molecular complexity index is 707. The molecule has 0 saturated carbocycles. The number of hydrogen-bond donors (Lipinski definition) is 0. The van der Waals surface area contributed by atoms with Gasteiger partial charge in [0.25, 0.3) is 0 Å². The van der Waals surface area contributed by atoms with Crippen LogP contribution in [0.15, 0.2) is 30.3 Å². The maximum absolute atomic E-state index is 12.4. The quantitative estimate of drug-likeness (QED) is 0.806. The number of aromatic nitrogens is 1. The highest BCUT2D eigenvalue weighted by Gasteiger charge is 2.21. The topological polar surface area (TPSA) is 48.4 Å². The Balaban J connectivity index is 2.09. The lowest BCUT2D eigenvalue weighted by molar-refractivity contribution is 0.0526. The highest BCUT2D eigenvalue weighted by atomic mass is 16.5. The molecule has 1 aromatic carbocycles. The average molecular weight is 311 g/mol. The zero-order valence-electron chi connectivity index (χ0n) is 13.6. The van der Waals surface area contributed by atoms with Gasteiger partial charge in [-0.25, -0.2) is 4.79 Å². The standard InChI is InChI=1S/C19H21NO3/c1-3-23-19(21)16-12-14-6-4-5-7-17(14)20-18(16)13-8-10-15(22-2)11-9-13/h8-12H,3-7H2,1-2H3. The number of benzene rings is 1. The molecule has 1 aliphatic rings. The van der Waals surface area contributed by atoms with Gasteiger partial charge in [0.15, 0.2) is 0 Å². The first-order valence-corrected chi connectivity index (χ1v) is 8.07. The number of methoxy groups -OCH3 is 1. The van der Waals surface area contributed by atoms with Crippen LogP contribution in [0.4, 0.5) is 0 Å². The minimum Gasteiger partial charge on any atom is -0.497 e. The molecule has 0 atom stereocenters. The van der Waals surface area contributed by atoms with Crippen molar-refractivity contribution in [1.82, 2.24) is 4.98 Å². The first kappa shape index (κ1) is 15.5. The van der Waals surface area contributed by atoms with Crippen molar-refractivity contribution in [3.05, 3.63) is 47.2 Å². The molecule has 0 saturated heterocycles. The number of nitrogens with zero attached hydrogens (tertiary/aromatic N) is 1. The van der Waals surface area contributed by atoms with Gasteiger partial charge < -0.3 is 9.47 Å². The summed E-state index contributed by atoms with van der Waals surface area (Å²) in [5.74, 6) is 0.476. The second-order valence-corrected chi connectivity index (χ2v) is 5.65. The minimum absolute atomic E-state index is 0.306. The van der Waals surface area contributed by atoms with Gasteiger partial charge in [0, 0.05) is 11.3 Å². The molecule has 0 bridgehead atoms. The van der Waals surface area contributed by atoms with Crippen molar-refractivity contribution in [2.75, 3.05) is 13.7 Å². The van der Waals surface area contributed by atoms with Gasteiger partial charge in [-0.3, -0.25) is 4.98 Å². The van der Waals surface area contributed by atoms with E-state index in [0.29, 0.717) is 17.9 Å². The Labute approximate surface area is 136 Å². The van der Waals surface area contributed by atoms with Gasteiger partial charge in [-0.05, 0) is 68.5 Å². The Hall–Kier alpha value is -2.36. The van der Waals surface area contributed by atoms with Crippen molar-refractivity contribution in [1.29, 1.82) is 0 Å². The maximum Gasteiger partial charge on any atom is 0.340 e. The summed E-state index contributed by atoms with van der Waals surface area (Å²) in [7, 11) is 1.64. The summed E-state index contributed by atoms with van der Waals surface area (Å²) in [5, 5.41) is 0. The molecule has 0 fully saturated rings. The number of hydrogen-bond acceptors (Lipinski definition) is 4. The summed E-state index contributed by atoms with van der Waals surface area (Å²) in [6.45, 7) is 2.18. The summed E-state index contributed by atoms with van der Waals surface area (Å²) < 4.78 is 10.4. The predicted molar refractivity (Wildman–Crippen MR) is 88.8 cm³/mol. The van der Waals surface area contributed by atoms with E-state index in [1.165, 1.54) is 5.56 Å². The van der Waals surface area contributed by atoms with E-state index >= 15 is 0 Å². The molecule has 23 heavy (non-hydrogen) atoms. The third kappa shape index (κ3) is 3.21.